The zero-order chi connectivity index (χ0) is 8.97. The maximum atomic E-state index is 5.40. The molecule has 0 radical (unpaired) electrons. The van der Waals surface area contributed by atoms with Crippen molar-refractivity contribution in [2.45, 2.75) is 6.92 Å². The van der Waals surface area contributed by atoms with E-state index in [9.17, 15) is 0 Å². The second kappa shape index (κ2) is 4.36. The van der Waals surface area contributed by atoms with Gasteiger partial charge in [0, 0.05) is 11.5 Å². The predicted molar refractivity (Wildman–Crippen MR) is 54.9 cm³/mol. The van der Waals surface area contributed by atoms with Gasteiger partial charge in [-0.3, -0.25) is 0 Å². The molecule has 0 aliphatic heterocycles. The third-order valence-electron chi connectivity index (χ3n) is 1.51. The van der Waals surface area contributed by atoms with Crippen LogP contribution < -0.4 is 10.1 Å². The molecule has 0 aromatic heterocycles. The molecule has 0 heterocycles. The van der Waals surface area contributed by atoms with Crippen molar-refractivity contribution in [3.05, 3.63) is 22.7 Å². The van der Waals surface area contributed by atoms with E-state index in [4.69, 9.17) is 4.74 Å². The summed E-state index contributed by atoms with van der Waals surface area (Å²) in [5.41, 5.74) is 1.01. The summed E-state index contributed by atoms with van der Waals surface area (Å²) in [6.07, 6.45) is 0. The SMILES string of the molecule is CCOc1ccc(Br)cc1NC. The molecule has 1 aromatic carbocycles. The molecular formula is C9H12BrNO. The Balaban J connectivity index is 2.94. The van der Waals surface area contributed by atoms with Gasteiger partial charge in [-0.05, 0) is 25.1 Å². The number of hydrogen-bond donors (Lipinski definition) is 1. The van der Waals surface area contributed by atoms with E-state index < -0.39 is 0 Å². The molecule has 0 spiro atoms. The topological polar surface area (TPSA) is 21.3 Å². The molecular weight excluding hydrogens is 218 g/mol. The van der Waals surface area contributed by atoms with Gasteiger partial charge in [0.1, 0.15) is 5.75 Å². The lowest BCUT2D eigenvalue weighted by atomic mass is 10.3. The minimum atomic E-state index is 0.691. The maximum Gasteiger partial charge on any atom is 0.142 e. The number of anilines is 1. The van der Waals surface area contributed by atoms with Crippen molar-refractivity contribution in [2.24, 2.45) is 0 Å². The van der Waals surface area contributed by atoms with Crippen LogP contribution in [0.4, 0.5) is 5.69 Å². The number of ether oxygens (including phenoxy) is 1. The highest BCUT2D eigenvalue weighted by Crippen LogP contribution is 2.27. The van der Waals surface area contributed by atoms with Crippen LogP contribution >= 0.6 is 15.9 Å². The Bertz CT molecular complexity index is 263. The molecule has 0 bridgehead atoms. The molecule has 0 amide bonds. The third-order valence-corrected chi connectivity index (χ3v) is 2.00. The average molecular weight is 230 g/mol. The van der Waals surface area contributed by atoms with E-state index in [1.165, 1.54) is 0 Å². The fourth-order valence-corrected chi connectivity index (χ4v) is 1.34. The molecule has 0 fully saturated rings. The highest BCUT2D eigenvalue weighted by atomic mass is 79.9. The Morgan fingerprint density at radius 2 is 2.25 bits per heavy atom. The molecule has 1 N–H and O–H groups in total. The van der Waals surface area contributed by atoms with Crippen LogP contribution in [0.1, 0.15) is 6.92 Å². The van der Waals surface area contributed by atoms with E-state index in [1.54, 1.807) is 0 Å². The van der Waals surface area contributed by atoms with Gasteiger partial charge >= 0.3 is 0 Å². The molecule has 1 aromatic rings. The van der Waals surface area contributed by atoms with Crippen molar-refractivity contribution in [1.29, 1.82) is 0 Å². The van der Waals surface area contributed by atoms with E-state index >= 15 is 0 Å². The highest BCUT2D eigenvalue weighted by Gasteiger charge is 2.00. The summed E-state index contributed by atoms with van der Waals surface area (Å²) in [5.74, 6) is 0.892. The first kappa shape index (κ1) is 9.39. The second-order valence-corrected chi connectivity index (χ2v) is 3.24. The van der Waals surface area contributed by atoms with Crippen LogP contribution in [0.5, 0.6) is 5.75 Å². The van der Waals surface area contributed by atoms with Gasteiger partial charge in [0.25, 0.3) is 0 Å². The largest absolute Gasteiger partial charge is 0.492 e. The zero-order valence-electron chi connectivity index (χ0n) is 7.23. The molecule has 2 nitrogen and oxygen atoms in total. The van der Waals surface area contributed by atoms with Gasteiger partial charge in [-0.2, -0.15) is 0 Å². The smallest absolute Gasteiger partial charge is 0.142 e. The van der Waals surface area contributed by atoms with E-state index in [2.05, 4.69) is 21.2 Å². The highest BCUT2D eigenvalue weighted by molar-refractivity contribution is 9.10. The Morgan fingerprint density at radius 1 is 1.50 bits per heavy atom. The summed E-state index contributed by atoms with van der Waals surface area (Å²) in [6.45, 7) is 2.66. The van der Waals surface area contributed by atoms with Crippen molar-refractivity contribution in [2.75, 3.05) is 19.0 Å². The van der Waals surface area contributed by atoms with Crippen LogP contribution in [-0.4, -0.2) is 13.7 Å². The van der Waals surface area contributed by atoms with Crippen molar-refractivity contribution >= 4 is 21.6 Å². The number of rotatable bonds is 3. The van der Waals surface area contributed by atoms with Gasteiger partial charge < -0.3 is 10.1 Å². The molecule has 0 saturated heterocycles. The first-order chi connectivity index (χ1) is 5.77. The summed E-state index contributed by atoms with van der Waals surface area (Å²) >= 11 is 3.39. The van der Waals surface area contributed by atoms with Gasteiger partial charge in [-0.15, -0.1) is 0 Å². The molecule has 12 heavy (non-hydrogen) atoms. The fraction of sp³-hybridized carbons (Fsp3) is 0.333. The molecule has 0 saturated carbocycles. The molecule has 3 heteroatoms. The van der Waals surface area contributed by atoms with Gasteiger partial charge in [0.15, 0.2) is 0 Å². The molecule has 0 aliphatic rings. The van der Waals surface area contributed by atoms with Crippen LogP contribution in [0.25, 0.3) is 0 Å². The van der Waals surface area contributed by atoms with Gasteiger partial charge in [0.2, 0.25) is 0 Å². The van der Waals surface area contributed by atoms with Crippen molar-refractivity contribution in [3.63, 3.8) is 0 Å². The number of halogens is 1. The van der Waals surface area contributed by atoms with Crippen LogP contribution in [0, 0.1) is 0 Å². The summed E-state index contributed by atoms with van der Waals surface area (Å²) in [7, 11) is 1.88. The number of nitrogens with one attached hydrogen (secondary N) is 1. The van der Waals surface area contributed by atoms with Gasteiger partial charge in [0.05, 0.1) is 12.3 Å². The van der Waals surface area contributed by atoms with Gasteiger partial charge in [-0.25, -0.2) is 0 Å². The van der Waals surface area contributed by atoms with Crippen molar-refractivity contribution in [3.8, 4) is 5.75 Å². The van der Waals surface area contributed by atoms with Crippen LogP contribution in [0.15, 0.2) is 22.7 Å². The Hall–Kier alpha value is -0.700. The Morgan fingerprint density at radius 3 is 2.83 bits per heavy atom. The molecule has 1 rings (SSSR count). The summed E-state index contributed by atoms with van der Waals surface area (Å²) in [6, 6.07) is 5.90. The minimum absolute atomic E-state index is 0.691. The lowest BCUT2D eigenvalue weighted by Crippen LogP contribution is -1.96. The normalized spacial score (nSPS) is 9.58. The van der Waals surface area contributed by atoms with E-state index in [-0.39, 0.29) is 0 Å². The van der Waals surface area contributed by atoms with Gasteiger partial charge in [-0.1, -0.05) is 15.9 Å². The summed E-state index contributed by atoms with van der Waals surface area (Å²) < 4.78 is 6.45. The lowest BCUT2D eigenvalue weighted by molar-refractivity contribution is 0.342. The Kier molecular flexibility index (Phi) is 3.41. The van der Waals surface area contributed by atoms with Crippen LogP contribution in [0.2, 0.25) is 0 Å². The first-order valence-corrected chi connectivity index (χ1v) is 4.67. The molecule has 0 atom stereocenters. The first-order valence-electron chi connectivity index (χ1n) is 3.88. The monoisotopic (exact) mass is 229 g/mol. The average Bonchev–Trinajstić information content (AvgIpc) is 2.08. The number of hydrogen-bond acceptors (Lipinski definition) is 2. The number of benzene rings is 1. The zero-order valence-corrected chi connectivity index (χ0v) is 8.81. The van der Waals surface area contributed by atoms with E-state index in [0.29, 0.717) is 6.61 Å². The second-order valence-electron chi connectivity index (χ2n) is 2.32. The van der Waals surface area contributed by atoms with E-state index in [0.717, 1.165) is 15.9 Å². The third kappa shape index (κ3) is 2.14. The fourth-order valence-electron chi connectivity index (χ4n) is 0.979. The lowest BCUT2D eigenvalue weighted by Gasteiger charge is -2.09. The Labute approximate surface area is 81.1 Å². The standard InChI is InChI=1S/C9H12BrNO/c1-3-12-9-5-4-7(10)6-8(9)11-2/h4-6,11H,3H2,1-2H3. The van der Waals surface area contributed by atoms with Crippen molar-refractivity contribution in [1.82, 2.24) is 0 Å². The minimum Gasteiger partial charge on any atom is -0.492 e. The van der Waals surface area contributed by atoms with Crippen molar-refractivity contribution < 1.29 is 4.74 Å². The van der Waals surface area contributed by atoms with Crippen LogP contribution in [0.3, 0.4) is 0 Å². The molecule has 66 valence electrons. The van der Waals surface area contributed by atoms with E-state index in [1.807, 2.05) is 32.2 Å². The predicted octanol–water partition coefficient (Wildman–Crippen LogP) is 2.89. The van der Waals surface area contributed by atoms with Crippen LogP contribution in [-0.2, 0) is 0 Å². The maximum absolute atomic E-state index is 5.40. The molecule has 0 aliphatic carbocycles. The molecule has 0 unspecified atom stereocenters. The summed E-state index contributed by atoms with van der Waals surface area (Å²) in [4.78, 5) is 0. The summed E-state index contributed by atoms with van der Waals surface area (Å²) in [5, 5.41) is 3.07. The quantitative estimate of drug-likeness (QED) is 0.861.